The summed E-state index contributed by atoms with van der Waals surface area (Å²) >= 11 is 6.48. The maximum absolute atomic E-state index is 13.2. The number of anilines is 1. The molecule has 4 amide bonds. The Morgan fingerprint density at radius 2 is 1.71 bits per heavy atom. The van der Waals surface area contributed by atoms with Gasteiger partial charge in [-0.05, 0) is 67.4 Å². The maximum atomic E-state index is 13.2. The van der Waals surface area contributed by atoms with Gasteiger partial charge in [-0.3, -0.25) is 25.0 Å². The lowest BCUT2D eigenvalue weighted by Crippen LogP contribution is -2.54. The third-order valence-electron chi connectivity index (χ3n) is 5.57. The molecule has 3 aromatic rings. The molecule has 0 atom stereocenters. The topological polar surface area (TPSA) is 128 Å². The molecule has 3 aromatic carbocycles. The van der Waals surface area contributed by atoms with Gasteiger partial charge < -0.3 is 9.47 Å². The number of benzene rings is 3. The Morgan fingerprint density at radius 3 is 2.34 bits per heavy atom. The number of amides is 4. The van der Waals surface area contributed by atoms with Gasteiger partial charge in [-0.15, -0.1) is 0 Å². The Kier molecular flexibility index (Phi) is 7.73. The highest BCUT2D eigenvalue weighted by Gasteiger charge is 2.36. The lowest BCUT2D eigenvalue weighted by atomic mass is 10.1. The first kappa shape index (κ1) is 26.4. The molecule has 10 nitrogen and oxygen atoms in total. The molecule has 1 heterocycles. The van der Waals surface area contributed by atoms with E-state index in [0.29, 0.717) is 16.8 Å². The lowest BCUT2D eigenvalue weighted by molar-refractivity contribution is -0.384. The molecule has 0 spiro atoms. The van der Waals surface area contributed by atoms with E-state index >= 15 is 0 Å². The normalized spacial score (nSPS) is 14.4. The van der Waals surface area contributed by atoms with Gasteiger partial charge in [-0.2, -0.15) is 0 Å². The van der Waals surface area contributed by atoms with Gasteiger partial charge in [-0.25, -0.2) is 9.69 Å². The van der Waals surface area contributed by atoms with Crippen molar-refractivity contribution >= 4 is 46.9 Å². The van der Waals surface area contributed by atoms with Gasteiger partial charge in [0.05, 0.1) is 22.2 Å². The average molecular weight is 536 g/mol. The molecule has 38 heavy (non-hydrogen) atoms. The number of urea groups is 1. The summed E-state index contributed by atoms with van der Waals surface area (Å²) in [7, 11) is 0. The van der Waals surface area contributed by atoms with Crippen LogP contribution in [0.4, 0.5) is 16.2 Å². The minimum atomic E-state index is -0.843. The number of carbonyl (C=O) groups excluding carboxylic acids is 3. The molecule has 0 unspecified atom stereocenters. The number of nitrogens with one attached hydrogen (secondary N) is 1. The summed E-state index contributed by atoms with van der Waals surface area (Å²) < 4.78 is 11.5. The number of hydrogen-bond acceptors (Lipinski definition) is 7. The number of carbonyl (C=O) groups is 3. The van der Waals surface area contributed by atoms with Gasteiger partial charge in [0.15, 0.2) is 11.5 Å². The van der Waals surface area contributed by atoms with E-state index in [0.717, 1.165) is 10.5 Å². The number of nitro benzene ring substituents is 1. The summed E-state index contributed by atoms with van der Waals surface area (Å²) in [5.74, 6) is -1.13. The van der Waals surface area contributed by atoms with E-state index in [1.165, 1.54) is 24.3 Å². The van der Waals surface area contributed by atoms with Crippen LogP contribution in [0.2, 0.25) is 5.02 Å². The predicted molar refractivity (Wildman–Crippen MR) is 140 cm³/mol. The van der Waals surface area contributed by atoms with Crippen LogP contribution in [0.25, 0.3) is 6.08 Å². The number of nitrogens with zero attached hydrogens (tertiary/aromatic N) is 2. The second kappa shape index (κ2) is 11.1. The summed E-state index contributed by atoms with van der Waals surface area (Å²) in [5, 5.41) is 13.2. The van der Waals surface area contributed by atoms with Crippen LogP contribution in [-0.2, 0) is 16.2 Å². The number of barbiturate groups is 1. The van der Waals surface area contributed by atoms with E-state index in [-0.39, 0.29) is 41.0 Å². The van der Waals surface area contributed by atoms with Crippen LogP contribution in [0.1, 0.15) is 23.6 Å². The first-order valence-electron chi connectivity index (χ1n) is 11.5. The minimum absolute atomic E-state index is 0.0388. The van der Waals surface area contributed by atoms with Crippen molar-refractivity contribution in [3.63, 3.8) is 0 Å². The first-order valence-corrected chi connectivity index (χ1v) is 11.9. The molecule has 0 aromatic heterocycles. The molecule has 0 radical (unpaired) electrons. The molecule has 1 N–H and O–H groups in total. The minimum Gasteiger partial charge on any atom is -0.490 e. The Hall–Kier alpha value is -4.70. The molecule has 1 fully saturated rings. The first-order chi connectivity index (χ1) is 18.2. The van der Waals surface area contributed by atoms with E-state index in [1.807, 2.05) is 6.92 Å². The van der Waals surface area contributed by atoms with E-state index < -0.39 is 22.8 Å². The molecule has 0 saturated carbocycles. The summed E-state index contributed by atoms with van der Waals surface area (Å²) in [5.41, 5.74) is 2.01. The predicted octanol–water partition coefficient (Wildman–Crippen LogP) is 5.20. The van der Waals surface area contributed by atoms with Crippen LogP contribution >= 0.6 is 11.6 Å². The SMILES string of the molecule is CCOc1cc(/C=C2\C(=O)NC(=O)N(c3ccc(C)cc3)C2=O)cc(Cl)c1OCc1ccc([N+](=O)[O-])cc1. The van der Waals surface area contributed by atoms with Crippen molar-refractivity contribution in [2.75, 3.05) is 11.5 Å². The second-order valence-corrected chi connectivity index (χ2v) is 8.68. The smallest absolute Gasteiger partial charge is 0.335 e. The van der Waals surface area contributed by atoms with E-state index in [9.17, 15) is 24.5 Å². The lowest BCUT2D eigenvalue weighted by Gasteiger charge is -2.26. The zero-order valence-corrected chi connectivity index (χ0v) is 21.2. The van der Waals surface area contributed by atoms with Crippen molar-refractivity contribution in [1.82, 2.24) is 5.32 Å². The van der Waals surface area contributed by atoms with E-state index in [4.69, 9.17) is 21.1 Å². The molecular formula is C27H22ClN3O7. The van der Waals surface area contributed by atoms with Crippen molar-refractivity contribution in [2.45, 2.75) is 20.5 Å². The maximum Gasteiger partial charge on any atom is 0.335 e. The van der Waals surface area contributed by atoms with Crippen LogP contribution in [0.15, 0.2) is 66.2 Å². The monoisotopic (exact) mass is 535 g/mol. The van der Waals surface area contributed by atoms with Crippen molar-refractivity contribution in [1.29, 1.82) is 0 Å². The molecular weight excluding hydrogens is 514 g/mol. The molecule has 194 valence electrons. The van der Waals surface area contributed by atoms with Crippen LogP contribution in [0.3, 0.4) is 0 Å². The van der Waals surface area contributed by atoms with Gasteiger partial charge >= 0.3 is 6.03 Å². The molecule has 0 bridgehead atoms. The molecule has 11 heteroatoms. The van der Waals surface area contributed by atoms with E-state index in [1.54, 1.807) is 49.4 Å². The standard InChI is InChI=1S/C27H22ClN3O7/c1-3-37-23-14-18(13-22(28)24(23)38-15-17-6-10-20(11-7-17)31(35)36)12-21-25(32)29-27(34)30(26(21)33)19-8-4-16(2)5-9-19/h4-14H,3,15H2,1-2H3,(H,29,32,34)/b21-12+. The third-order valence-corrected chi connectivity index (χ3v) is 5.85. The second-order valence-electron chi connectivity index (χ2n) is 8.27. The zero-order valence-electron chi connectivity index (χ0n) is 20.4. The van der Waals surface area contributed by atoms with Gasteiger partial charge in [0.1, 0.15) is 12.2 Å². The van der Waals surface area contributed by atoms with Gasteiger partial charge in [-0.1, -0.05) is 29.3 Å². The largest absolute Gasteiger partial charge is 0.490 e. The number of halogens is 1. The van der Waals surface area contributed by atoms with Crippen LogP contribution in [0, 0.1) is 17.0 Å². The molecule has 4 rings (SSSR count). The Bertz CT molecular complexity index is 1450. The van der Waals surface area contributed by atoms with Gasteiger partial charge in [0.25, 0.3) is 17.5 Å². The highest BCUT2D eigenvalue weighted by Crippen LogP contribution is 2.38. The van der Waals surface area contributed by atoms with E-state index in [2.05, 4.69) is 5.32 Å². The number of ether oxygens (including phenoxy) is 2. The number of non-ortho nitro benzene ring substituents is 1. The Labute approximate surface area is 222 Å². The Balaban J connectivity index is 1.62. The molecule has 1 aliphatic rings. The third kappa shape index (κ3) is 5.65. The van der Waals surface area contributed by atoms with Crippen LogP contribution in [0.5, 0.6) is 11.5 Å². The summed E-state index contributed by atoms with van der Waals surface area (Å²) in [6.07, 6.45) is 1.32. The average Bonchev–Trinajstić information content (AvgIpc) is 2.87. The highest BCUT2D eigenvalue weighted by atomic mass is 35.5. The highest BCUT2D eigenvalue weighted by molar-refractivity contribution is 6.39. The summed E-state index contributed by atoms with van der Waals surface area (Å²) in [6.45, 7) is 3.98. The van der Waals surface area contributed by atoms with Crippen molar-refractivity contribution in [3.05, 3.63) is 98.1 Å². The number of aryl methyl sites for hydroxylation is 1. The van der Waals surface area contributed by atoms with Crippen LogP contribution in [-0.4, -0.2) is 29.4 Å². The van der Waals surface area contributed by atoms with Gasteiger partial charge in [0, 0.05) is 12.1 Å². The molecule has 0 aliphatic carbocycles. The van der Waals surface area contributed by atoms with Gasteiger partial charge in [0.2, 0.25) is 0 Å². The fourth-order valence-corrected chi connectivity index (χ4v) is 3.97. The van der Waals surface area contributed by atoms with Crippen molar-refractivity contribution in [3.8, 4) is 11.5 Å². The zero-order chi connectivity index (χ0) is 27.4. The number of nitro groups is 1. The fraction of sp³-hybridized carbons (Fsp3) is 0.148. The molecule has 1 aliphatic heterocycles. The number of rotatable bonds is 8. The number of imide groups is 2. The summed E-state index contributed by atoms with van der Waals surface area (Å²) in [4.78, 5) is 49.4. The quantitative estimate of drug-likeness (QED) is 0.182. The molecule has 1 saturated heterocycles. The number of hydrogen-bond donors (Lipinski definition) is 1. The fourth-order valence-electron chi connectivity index (χ4n) is 3.70. The summed E-state index contributed by atoms with van der Waals surface area (Å²) in [6, 6.07) is 14.8. The Morgan fingerprint density at radius 1 is 1.03 bits per heavy atom. The van der Waals surface area contributed by atoms with Crippen molar-refractivity contribution in [2.24, 2.45) is 0 Å². The van der Waals surface area contributed by atoms with Crippen LogP contribution < -0.4 is 19.7 Å². The van der Waals surface area contributed by atoms with Crippen molar-refractivity contribution < 1.29 is 28.8 Å².